The molecule has 27 heavy (non-hydrogen) atoms. The number of aryl methyl sites for hydroxylation is 3. The zero-order valence-electron chi connectivity index (χ0n) is 15.9. The average molecular weight is 483 g/mol. The Morgan fingerprint density at radius 2 is 2.00 bits per heavy atom. The maximum atomic E-state index is 5.09. The Morgan fingerprint density at radius 1 is 1.19 bits per heavy atom. The smallest absolute Gasteiger partial charge is 0.248 e. The Labute approximate surface area is 175 Å². The van der Waals surface area contributed by atoms with Crippen LogP contribution in [0.5, 0.6) is 0 Å². The van der Waals surface area contributed by atoms with Crippen molar-refractivity contribution >= 4 is 41.0 Å². The minimum Gasteiger partial charge on any atom is -0.357 e. The molecule has 0 bridgehead atoms. The minimum atomic E-state index is 0. The van der Waals surface area contributed by atoms with Crippen molar-refractivity contribution in [1.29, 1.82) is 0 Å². The number of fused-ring (bicyclic) bond motifs is 1. The molecule has 0 unspecified atom stereocenters. The summed E-state index contributed by atoms with van der Waals surface area (Å²) in [6, 6.07) is 8.23. The highest BCUT2D eigenvalue weighted by atomic mass is 127. The van der Waals surface area contributed by atoms with Gasteiger partial charge in [0.05, 0.1) is 11.0 Å². The third-order valence-corrected chi connectivity index (χ3v) is 3.98. The average Bonchev–Trinajstić information content (AvgIpc) is 3.19. The molecule has 8 nitrogen and oxygen atoms in total. The largest absolute Gasteiger partial charge is 0.357 e. The van der Waals surface area contributed by atoms with E-state index in [1.807, 2.05) is 32.0 Å². The van der Waals surface area contributed by atoms with E-state index in [1.54, 1.807) is 6.92 Å². The Hall–Kier alpha value is -2.17. The summed E-state index contributed by atoms with van der Waals surface area (Å²) in [5.74, 6) is 2.92. The van der Waals surface area contributed by atoms with Gasteiger partial charge in [-0.2, -0.15) is 4.98 Å². The normalized spacial score (nSPS) is 11.4. The molecule has 3 rings (SSSR count). The minimum absolute atomic E-state index is 0. The van der Waals surface area contributed by atoms with Crippen LogP contribution in [-0.2, 0) is 13.1 Å². The Kier molecular flexibility index (Phi) is 8.01. The fraction of sp³-hybridized carbons (Fsp3) is 0.444. The van der Waals surface area contributed by atoms with E-state index in [0.717, 1.165) is 43.4 Å². The summed E-state index contributed by atoms with van der Waals surface area (Å²) in [4.78, 5) is 13.2. The monoisotopic (exact) mass is 483 g/mol. The number of hydrogen-bond donors (Lipinski definition) is 2. The molecule has 0 amide bonds. The van der Waals surface area contributed by atoms with Gasteiger partial charge >= 0.3 is 0 Å². The van der Waals surface area contributed by atoms with Crippen LogP contribution in [0.4, 0.5) is 0 Å². The van der Waals surface area contributed by atoms with Gasteiger partial charge in [-0.3, -0.25) is 0 Å². The van der Waals surface area contributed by atoms with Crippen molar-refractivity contribution in [1.82, 2.24) is 30.3 Å². The number of para-hydroxylation sites is 2. The van der Waals surface area contributed by atoms with Crippen LogP contribution >= 0.6 is 24.0 Å². The van der Waals surface area contributed by atoms with Crippen LogP contribution in [0.1, 0.15) is 30.9 Å². The molecule has 9 heteroatoms. The molecule has 0 fully saturated rings. The maximum absolute atomic E-state index is 5.09. The van der Waals surface area contributed by atoms with Crippen molar-refractivity contribution in [2.45, 2.75) is 40.3 Å². The number of aromatic nitrogens is 4. The molecular weight excluding hydrogens is 457 g/mol. The molecule has 1 aromatic carbocycles. The summed E-state index contributed by atoms with van der Waals surface area (Å²) in [6.07, 6.45) is 0.964. The van der Waals surface area contributed by atoms with E-state index in [1.165, 1.54) is 5.52 Å². The quantitative estimate of drug-likeness (QED) is 0.233. The van der Waals surface area contributed by atoms with E-state index in [9.17, 15) is 0 Å². The standard InChI is InChI=1S/C18H25N7O.HI/c1-4-19-18(21-12-17-22-13(2)24-26-17)20-10-7-11-25-14(3)23-15-8-5-6-9-16(15)25;/h5-6,8-9H,4,7,10-12H2,1-3H3,(H2,19,20,21);1H. The molecule has 3 aromatic rings. The lowest BCUT2D eigenvalue weighted by Gasteiger charge is -2.12. The summed E-state index contributed by atoms with van der Waals surface area (Å²) in [6.45, 7) is 8.74. The molecule has 0 atom stereocenters. The number of imidazole rings is 1. The first-order chi connectivity index (χ1) is 12.7. The molecule has 0 aliphatic carbocycles. The lowest BCUT2D eigenvalue weighted by molar-refractivity contribution is 0.376. The van der Waals surface area contributed by atoms with Gasteiger partial charge in [-0.1, -0.05) is 17.3 Å². The summed E-state index contributed by atoms with van der Waals surface area (Å²) in [5.41, 5.74) is 2.22. The molecule has 0 spiro atoms. The predicted molar refractivity (Wildman–Crippen MR) is 116 cm³/mol. The van der Waals surface area contributed by atoms with E-state index in [0.29, 0.717) is 18.3 Å². The molecule has 0 saturated carbocycles. The predicted octanol–water partition coefficient (Wildman–Crippen LogP) is 2.80. The lowest BCUT2D eigenvalue weighted by atomic mass is 10.3. The summed E-state index contributed by atoms with van der Waals surface area (Å²) >= 11 is 0. The van der Waals surface area contributed by atoms with Crippen molar-refractivity contribution in [2.24, 2.45) is 4.99 Å². The van der Waals surface area contributed by atoms with Gasteiger partial charge in [0.15, 0.2) is 11.8 Å². The second kappa shape index (κ2) is 10.2. The molecule has 0 saturated heterocycles. The molecular formula is C18H26IN7O. The maximum Gasteiger partial charge on any atom is 0.248 e. The van der Waals surface area contributed by atoms with Gasteiger partial charge in [0.2, 0.25) is 5.89 Å². The highest BCUT2D eigenvalue weighted by Crippen LogP contribution is 2.15. The van der Waals surface area contributed by atoms with Crippen molar-refractivity contribution in [3.63, 3.8) is 0 Å². The summed E-state index contributed by atoms with van der Waals surface area (Å²) in [7, 11) is 0. The van der Waals surface area contributed by atoms with E-state index in [-0.39, 0.29) is 24.0 Å². The number of rotatable bonds is 7. The number of aliphatic imine (C=N–C) groups is 1. The van der Waals surface area contributed by atoms with Crippen LogP contribution < -0.4 is 10.6 Å². The van der Waals surface area contributed by atoms with E-state index >= 15 is 0 Å². The van der Waals surface area contributed by atoms with Crippen molar-refractivity contribution in [3.05, 3.63) is 41.8 Å². The fourth-order valence-corrected chi connectivity index (χ4v) is 2.81. The molecule has 0 aliphatic rings. The molecule has 0 aliphatic heterocycles. The lowest BCUT2D eigenvalue weighted by Crippen LogP contribution is -2.38. The van der Waals surface area contributed by atoms with Gasteiger partial charge in [-0.05, 0) is 39.3 Å². The first-order valence-electron chi connectivity index (χ1n) is 8.90. The Morgan fingerprint density at radius 3 is 2.74 bits per heavy atom. The van der Waals surface area contributed by atoms with Crippen LogP contribution in [0.15, 0.2) is 33.8 Å². The molecule has 2 aromatic heterocycles. The van der Waals surface area contributed by atoms with Gasteiger partial charge in [0, 0.05) is 19.6 Å². The van der Waals surface area contributed by atoms with E-state index in [2.05, 4.69) is 41.4 Å². The molecule has 146 valence electrons. The van der Waals surface area contributed by atoms with Crippen LogP contribution in [0, 0.1) is 13.8 Å². The summed E-state index contributed by atoms with van der Waals surface area (Å²) in [5, 5.41) is 10.3. The van der Waals surface area contributed by atoms with Crippen molar-refractivity contribution < 1.29 is 4.52 Å². The van der Waals surface area contributed by atoms with Crippen LogP contribution in [0.2, 0.25) is 0 Å². The second-order valence-corrected chi connectivity index (χ2v) is 6.01. The zero-order valence-corrected chi connectivity index (χ0v) is 18.2. The number of nitrogens with zero attached hydrogens (tertiary/aromatic N) is 5. The fourth-order valence-electron chi connectivity index (χ4n) is 2.81. The van der Waals surface area contributed by atoms with Gasteiger partial charge < -0.3 is 19.7 Å². The second-order valence-electron chi connectivity index (χ2n) is 6.01. The van der Waals surface area contributed by atoms with Crippen LogP contribution in [0.3, 0.4) is 0 Å². The number of hydrogen-bond acceptors (Lipinski definition) is 5. The van der Waals surface area contributed by atoms with Crippen LogP contribution in [-0.4, -0.2) is 38.7 Å². The Balaban J connectivity index is 0.00000261. The number of benzene rings is 1. The first-order valence-corrected chi connectivity index (χ1v) is 8.90. The van der Waals surface area contributed by atoms with E-state index in [4.69, 9.17) is 4.52 Å². The van der Waals surface area contributed by atoms with Gasteiger partial charge in [-0.15, -0.1) is 24.0 Å². The zero-order chi connectivity index (χ0) is 18.4. The van der Waals surface area contributed by atoms with Crippen LogP contribution in [0.25, 0.3) is 11.0 Å². The highest BCUT2D eigenvalue weighted by Gasteiger charge is 2.06. The van der Waals surface area contributed by atoms with Gasteiger partial charge in [-0.25, -0.2) is 9.98 Å². The molecule has 2 N–H and O–H groups in total. The third-order valence-electron chi connectivity index (χ3n) is 3.98. The van der Waals surface area contributed by atoms with Crippen molar-refractivity contribution in [2.75, 3.05) is 13.1 Å². The van der Waals surface area contributed by atoms with Crippen molar-refractivity contribution in [3.8, 4) is 0 Å². The summed E-state index contributed by atoms with van der Waals surface area (Å²) < 4.78 is 7.34. The first kappa shape index (κ1) is 21.1. The third kappa shape index (κ3) is 5.65. The number of nitrogens with one attached hydrogen (secondary N) is 2. The number of halogens is 1. The highest BCUT2D eigenvalue weighted by molar-refractivity contribution is 14.0. The Bertz CT molecular complexity index is 887. The van der Waals surface area contributed by atoms with Gasteiger partial charge in [0.25, 0.3) is 0 Å². The molecule has 0 radical (unpaired) electrons. The number of guanidine groups is 1. The topological polar surface area (TPSA) is 93.2 Å². The van der Waals surface area contributed by atoms with E-state index < -0.39 is 0 Å². The van der Waals surface area contributed by atoms with Gasteiger partial charge in [0.1, 0.15) is 12.4 Å². The SMILES string of the molecule is CCNC(=NCc1nc(C)no1)NCCCn1c(C)nc2ccccc21.I. The molecule has 2 heterocycles.